The Balaban J connectivity index is 2.37. The summed E-state index contributed by atoms with van der Waals surface area (Å²) in [5.41, 5.74) is 1.34. The number of alkyl halides is 1. The van der Waals surface area contributed by atoms with E-state index in [4.69, 9.17) is 0 Å². The maximum absolute atomic E-state index is 4.19. The summed E-state index contributed by atoms with van der Waals surface area (Å²) in [6, 6.07) is 2.11. The minimum Gasteiger partial charge on any atom is -0.273 e. The molecule has 1 unspecified atom stereocenters. The van der Waals surface area contributed by atoms with E-state index < -0.39 is 0 Å². The van der Waals surface area contributed by atoms with Gasteiger partial charge >= 0.3 is 0 Å². The van der Waals surface area contributed by atoms with E-state index in [2.05, 4.69) is 40.9 Å². The van der Waals surface area contributed by atoms with Gasteiger partial charge in [0, 0.05) is 24.3 Å². The highest BCUT2D eigenvalue weighted by Gasteiger charge is 2.10. The van der Waals surface area contributed by atoms with Gasteiger partial charge in [-0.1, -0.05) is 29.8 Å². The molecule has 1 rings (SSSR count). The molecule has 1 atom stereocenters. The number of rotatable bonds is 6. The summed E-state index contributed by atoms with van der Waals surface area (Å²) in [5, 5.41) is 5.30. The molecule has 0 amide bonds. The Morgan fingerprint density at radius 3 is 2.67 bits per heavy atom. The number of hydrogen-bond donors (Lipinski definition) is 0. The highest BCUT2D eigenvalue weighted by Crippen LogP contribution is 2.19. The van der Waals surface area contributed by atoms with E-state index in [0.29, 0.717) is 0 Å². The molecule has 0 fully saturated rings. The number of hydrogen-bond acceptors (Lipinski definition) is 1. The zero-order chi connectivity index (χ0) is 11.3. The van der Waals surface area contributed by atoms with Gasteiger partial charge in [-0.05, 0) is 37.2 Å². The largest absolute Gasteiger partial charge is 0.273 e. The van der Waals surface area contributed by atoms with Gasteiger partial charge in [0.15, 0.2) is 0 Å². The van der Waals surface area contributed by atoms with Crippen LogP contribution < -0.4 is 0 Å². The molecular weight excluding hydrogens is 252 g/mol. The van der Waals surface area contributed by atoms with E-state index in [1.807, 2.05) is 17.9 Å². The van der Waals surface area contributed by atoms with Crippen LogP contribution in [0.5, 0.6) is 0 Å². The molecule has 1 aromatic heterocycles. The molecule has 0 aromatic carbocycles. The second-order valence-electron chi connectivity index (χ2n) is 4.63. The van der Waals surface area contributed by atoms with Gasteiger partial charge < -0.3 is 0 Å². The van der Waals surface area contributed by atoms with Crippen LogP contribution in [0.4, 0.5) is 0 Å². The smallest absolute Gasteiger partial charge is 0.0492 e. The van der Waals surface area contributed by atoms with Crippen molar-refractivity contribution in [3.8, 4) is 0 Å². The Bertz CT molecular complexity index is 281. The fraction of sp³-hybridized carbons (Fsp3) is 0.750. The van der Waals surface area contributed by atoms with E-state index in [1.165, 1.54) is 18.5 Å². The topological polar surface area (TPSA) is 17.8 Å². The van der Waals surface area contributed by atoms with Gasteiger partial charge in [-0.2, -0.15) is 5.10 Å². The van der Waals surface area contributed by atoms with Crippen molar-refractivity contribution >= 4 is 15.9 Å². The molecule has 1 heterocycles. The molecule has 3 heteroatoms. The molecule has 0 saturated heterocycles. The van der Waals surface area contributed by atoms with E-state index >= 15 is 0 Å². The Morgan fingerprint density at radius 1 is 1.47 bits per heavy atom. The molecule has 0 spiro atoms. The maximum atomic E-state index is 4.19. The zero-order valence-corrected chi connectivity index (χ0v) is 11.5. The second-order valence-corrected chi connectivity index (χ2v) is 5.28. The third-order valence-corrected chi connectivity index (χ3v) is 3.67. The van der Waals surface area contributed by atoms with Gasteiger partial charge in [0.2, 0.25) is 0 Å². The molecule has 86 valence electrons. The van der Waals surface area contributed by atoms with Crippen LogP contribution >= 0.6 is 15.9 Å². The predicted octanol–water partition coefficient (Wildman–Crippen LogP) is 3.41. The Labute approximate surface area is 101 Å². The number of nitrogens with zero attached hydrogens (tertiary/aromatic N) is 2. The molecule has 1 aromatic rings. The van der Waals surface area contributed by atoms with Gasteiger partial charge in [-0.3, -0.25) is 4.68 Å². The first-order valence-corrected chi connectivity index (χ1v) is 6.78. The standard InChI is InChI=1S/C12H21BrN2/c1-10(2)8-11(9-13)4-5-12-6-7-14-15(12)3/h6-7,10-11H,4-5,8-9H2,1-3H3. The lowest BCUT2D eigenvalue weighted by atomic mass is 9.94. The van der Waals surface area contributed by atoms with E-state index in [0.717, 1.165) is 23.6 Å². The average Bonchev–Trinajstić information content (AvgIpc) is 2.58. The third-order valence-electron chi connectivity index (χ3n) is 2.75. The maximum Gasteiger partial charge on any atom is 0.0492 e. The fourth-order valence-corrected chi connectivity index (χ4v) is 2.51. The van der Waals surface area contributed by atoms with Crippen molar-refractivity contribution in [2.24, 2.45) is 18.9 Å². The van der Waals surface area contributed by atoms with Gasteiger partial charge in [0.25, 0.3) is 0 Å². The normalized spacial score (nSPS) is 13.4. The quantitative estimate of drug-likeness (QED) is 0.726. The predicted molar refractivity (Wildman–Crippen MR) is 68.3 cm³/mol. The second kappa shape index (κ2) is 6.31. The van der Waals surface area contributed by atoms with Crippen molar-refractivity contribution in [2.45, 2.75) is 33.1 Å². The molecule has 0 aliphatic carbocycles. The fourth-order valence-electron chi connectivity index (χ4n) is 1.92. The Kier molecular flexibility index (Phi) is 5.37. The molecule has 0 bridgehead atoms. The van der Waals surface area contributed by atoms with Gasteiger partial charge in [-0.25, -0.2) is 0 Å². The van der Waals surface area contributed by atoms with Gasteiger partial charge in [-0.15, -0.1) is 0 Å². The minimum absolute atomic E-state index is 0.791. The van der Waals surface area contributed by atoms with Gasteiger partial charge in [0.05, 0.1) is 0 Å². The van der Waals surface area contributed by atoms with E-state index in [1.54, 1.807) is 0 Å². The molecular formula is C12H21BrN2. The summed E-state index contributed by atoms with van der Waals surface area (Å²) in [5.74, 6) is 1.58. The molecule has 0 N–H and O–H groups in total. The van der Waals surface area contributed by atoms with Crippen molar-refractivity contribution < 1.29 is 0 Å². The summed E-state index contributed by atoms with van der Waals surface area (Å²) < 4.78 is 1.97. The van der Waals surface area contributed by atoms with Crippen molar-refractivity contribution in [3.05, 3.63) is 18.0 Å². The lowest BCUT2D eigenvalue weighted by Crippen LogP contribution is -2.09. The van der Waals surface area contributed by atoms with Crippen LogP contribution in [0.25, 0.3) is 0 Å². The van der Waals surface area contributed by atoms with Gasteiger partial charge in [0.1, 0.15) is 0 Å². The van der Waals surface area contributed by atoms with Crippen LogP contribution in [-0.4, -0.2) is 15.1 Å². The number of halogens is 1. The number of aryl methyl sites for hydroxylation is 2. The van der Waals surface area contributed by atoms with E-state index in [-0.39, 0.29) is 0 Å². The first kappa shape index (κ1) is 12.8. The van der Waals surface area contributed by atoms with Crippen LogP contribution in [0.1, 0.15) is 32.4 Å². The van der Waals surface area contributed by atoms with Crippen LogP contribution in [0.15, 0.2) is 12.3 Å². The van der Waals surface area contributed by atoms with Crippen LogP contribution in [0, 0.1) is 11.8 Å². The molecule has 0 aliphatic rings. The van der Waals surface area contributed by atoms with Crippen molar-refractivity contribution in [1.29, 1.82) is 0 Å². The highest BCUT2D eigenvalue weighted by molar-refractivity contribution is 9.09. The van der Waals surface area contributed by atoms with Crippen LogP contribution in [0.3, 0.4) is 0 Å². The molecule has 0 aliphatic heterocycles. The van der Waals surface area contributed by atoms with E-state index in [9.17, 15) is 0 Å². The van der Waals surface area contributed by atoms with Crippen LogP contribution in [0.2, 0.25) is 0 Å². The van der Waals surface area contributed by atoms with Crippen molar-refractivity contribution in [1.82, 2.24) is 9.78 Å². The Morgan fingerprint density at radius 2 is 2.20 bits per heavy atom. The van der Waals surface area contributed by atoms with Crippen molar-refractivity contribution in [3.63, 3.8) is 0 Å². The minimum atomic E-state index is 0.791. The van der Waals surface area contributed by atoms with Crippen molar-refractivity contribution in [2.75, 3.05) is 5.33 Å². The average molecular weight is 273 g/mol. The first-order chi connectivity index (χ1) is 7.13. The monoisotopic (exact) mass is 272 g/mol. The first-order valence-electron chi connectivity index (χ1n) is 5.66. The molecule has 0 saturated carbocycles. The summed E-state index contributed by atoms with van der Waals surface area (Å²) in [7, 11) is 2.01. The number of aromatic nitrogens is 2. The summed E-state index contributed by atoms with van der Waals surface area (Å²) in [4.78, 5) is 0. The summed E-state index contributed by atoms with van der Waals surface area (Å²) in [6.45, 7) is 4.58. The SMILES string of the molecule is CC(C)CC(CBr)CCc1ccnn1C. The molecule has 2 nitrogen and oxygen atoms in total. The zero-order valence-electron chi connectivity index (χ0n) is 9.91. The lowest BCUT2D eigenvalue weighted by molar-refractivity contribution is 0.419. The highest BCUT2D eigenvalue weighted by atomic mass is 79.9. The molecule has 0 radical (unpaired) electrons. The lowest BCUT2D eigenvalue weighted by Gasteiger charge is -2.16. The van der Waals surface area contributed by atoms with Crippen LogP contribution in [-0.2, 0) is 13.5 Å². The Hall–Kier alpha value is -0.310. The molecule has 15 heavy (non-hydrogen) atoms. The summed E-state index contributed by atoms with van der Waals surface area (Å²) >= 11 is 3.60. The summed E-state index contributed by atoms with van der Waals surface area (Å²) in [6.07, 6.45) is 5.58. The third kappa shape index (κ3) is 4.37.